The molecule has 0 aromatic heterocycles. The van der Waals surface area contributed by atoms with E-state index in [0.29, 0.717) is 6.04 Å². The van der Waals surface area contributed by atoms with Gasteiger partial charge in [0.25, 0.3) is 0 Å². The lowest BCUT2D eigenvalue weighted by atomic mass is 10.1. The van der Waals surface area contributed by atoms with Crippen molar-refractivity contribution >= 4 is 0 Å². The summed E-state index contributed by atoms with van der Waals surface area (Å²) in [6, 6.07) is 19.1. The molecule has 1 unspecified atom stereocenters. The van der Waals surface area contributed by atoms with Gasteiger partial charge in [0.15, 0.2) is 0 Å². The molecule has 2 aromatic rings. The highest BCUT2D eigenvalue weighted by molar-refractivity contribution is 5.33. The molecule has 0 radical (unpaired) electrons. The topological polar surface area (TPSA) is 15.7 Å². The first-order valence-corrected chi connectivity index (χ1v) is 9.03. The quantitative estimate of drug-likeness (QED) is 0.783. The molecular formula is C21H28N2O. The van der Waals surface area contributed by atoms with E-state index in [1.54, 1.807) is 0 Å². The molecule has 0 amide bonds. The Hall–Kier alpha value is -1.84. The summed E-state index contributed by atoms with van der Waals surface area (Å²) in [4.78, 5) is 5.14. The number of nitrogens with zero attached hydrogens (tertiary/aromatic N) is 2. The van der Waals surface area contributed by atoms with Gasteiger partial charge in [0.05, 0.1) is 0 Å². The molecule has 3 nitrogen and oxygen atoms in total. The Kier molecular flexibility index (Phi) is 5.89. The van der Waals surface area contributed by atoms with Gasteiger partial charge in [0, 0.05) is 38.8 Å². The minimum absolute atomic E-state index is 0.703. The average Bonchev–Trinajstić information content (AvgIpc) is 2.63. The molecule has 24 heavy (non-hydrogen) atoms. The number of piperazine rings is 1. The fraction of sp³-hybridized carbons (Fsp3) is 0.429. The van der Waals surface area contributed by atoms with Crippen LogP contribution in [-0.2, 0) is 6.54 Å². The second-order valence-electron chi connectivity index (χ2n) is 6.63. The van der Waals surface area contributed by atoms with Crippen molar-refractivity contribution < 1.29 is 4.74 Å². The Bertz CT molecular complexity index is 621. The number of ether oxygens (including phenoxy) is 1. The van der Waals surface area contributed by atoms with Crippen molar-refractivity contribution in [3.8, 4) is 11.5 Å². The Morgan fingerprint density at radius 2 is 1.62 bits per heavy atom. The van der Waals surface area contributed by atoms with Gasteiger partial charge in [-0.3, -0.25) is 9.80 Å². The van der Waals surface area contributed by atoms with E-state index in [9.17, 15) is 0 Å². The summed E-state index contributed by atoms with van der Waals surface area (Å²) in [5.74, 6) is 1.80. The fourth-order valence-electron chi connectivity index (χ4n) is 3.21. The van der Waals surface area contributed by atoms with E-state index in [2.05, 4.69) is 41.8 Å². The average molecular weight is 324 g/mol. The molecule has 1 heterocycles. The summed E-state index contributed by atoms with van der Waals surface area (Å²) >= 11 is 0. The summed E-state index contributed by atoms with van der Waals surface area (Å²) in [5.41, 5.74) is 1.32. The minimum Gasteiger partial charge on any atom is -0.457 e. The first-order chi connectivity index (χ1) is 11.7. The number of para-hydroxylation sites is 1. The van der Waals surface area contributed by atoms with Crippen molar-refractivity contribution in [1.29, 1.82) is 0 Å². The van der Waals surface area contributed by atoms with Gasteiger partial charge in [-0.05, 0) is 43.2 Å². The third-order valence-corrected chi connectivity index (χ3v) is 4.90. The van der Waals surface area contributed by atoms with Gasteiger partial charge in [-0.25, -0.2) is 0 Å². The van der Waals surface area contributed by atoms with Crippen LogP contribution in [0.15, 0.2) is 54.6 Å². The van der Waals surface area contributed by atoms with E-state index in [-0.39, 0.29) is 0 Å². The summed E-state index contributed by atoms with van der Waals surface area (Å²) in [6.45, 7) is 10.3. The van der Waals surface area contributed by atoms with Crippen molar-refractivity contribution in [3.63, 3.8) is 0 Å². The highest BCUT2D eigenvalue weighted by atomic mass is 16.5. The zero-order valence-electron chi connectivity index (χ0n) is 14.8. The molecular weight excluding hydrogens is 296 g/mol. The van der Waals surface area contributed by atoms with Crippen LogP contribution < -0.4 is 4.74 Å². The lowest BCUT2D eigenvalue weighted by molar-refractivity contribution is 0.0963. The summed E-state index contributed by atoms with van der Waals surface area (Å²) < 4.78 is 5.94. The first kappa shape index (κ1) is 17.0. The van der Waals surface area contributed by atoms with Crippen LogP contribution in [0.25, 0.3) is 0 Å². The third-order valence-electron chi connectivity index (χ3n) is 4.90. The summed E-state index contributed by atoms with van der Waals surface area (Å²) in [6.07, 6.45) is 1.23. The van der Waals surface area contributed by atoms with Gasteiger partial charge in [-0.2, -0.15) is 0 Å². The van der Waals surface area contributed by atoms with Crippen LogP contribution in [0.3, 0.4) is 0 Å². The molecule has 0 aliphatic carbocycles. The van der Waals surface area contributed by atoms with Crippen LogP contribution in [0.1, 0.15) is 25.8 Å². The van der Waals surface area contributed by atoms with Gasteiger partial charge in [0.1, 0.15) is 11.5 Å². The summed E-state index contributed by atoms with van der Waals surface area (Å²) in [5, 5.41) is 0. The van der Waals surface area contributed by atoms with E-state index in [4.69, 9.17) is 4.74 Å². The van der Waals surface area contributed by atoms with Crippen LogP contribution >= 0.6 is 0 Å². The van der Waals surface area contributed by atoms with Crippen LogP contribution in [-0.4, -0.2) is 42.0 Å². The molecule has 2 aromatic carbocycles. The molecule has 3 rings (SSSR count). The number of rotatable bonds is 6. The normalized spacial score (nSPS) is 17.6. The predicted octanol–water partition coefficient (Wildman–Crippen LogP) is 4.40. The van der Waals surface area contributed by atoms with Crippen molar-refractivity contribution in [2.45, 2.75) is 32.9 Å². The van der Waals surface area contributed by atoms with Gasteiger partial charge in [-0.15, -0.1) is 0 Å². The summed E-state index contributed by atoms with van der Waals surface area (Å²) in [7, 11) is 0. The highest BCUT2D eigenvalue weighted by Gasteiger charge is 2.20. The lowest BCUT2D eigenvalue weighted by Gasteiger charge is -2.37. The molecule has 0 bridgehead atoms. The lowest BCUT2D eigenvalue weighted by Crippen LogP contribution is -2.48. The monoisotopic (exact) mass is 324 g/mol. The number of hydrogen-bond acceptors (Lipinski definition) is 3. The smallest absolute Gasteiger partial charge is 0.127 e. The van der Waals surface area contributed by atoms with Crippen LogP contribution in [0.4, 0.5) is 0 Å². The maximum atomic E-state index is 5.94. The molecule has 1 saturated heterocycles. The Balaban J connectivity index is 1.56. The SMILES string of the molecule is CCC(C)N1CCN(Cc2cccc(Oc3ccccc3)c2)CC1. The second kappa shape index (κ2) is 8.32. The Morgan fingerprint density at radius 1 is 0.917 bits per heavy atom. The van der Waals surface area contributed by atoms with E-state index in [0.717, 1.165) is 31.1 Å². The molecule has 1 aliphatic heterocycles. The fourth-order valence-corrected chi connectivity index (χ4v) is 3.21. The van der Waals surface area contributed by atoms with Crippen LogP contribution in [0.2, 0.25) is 0 Å². The third kappa shape index (κ3) is 4.59. The number of benzene rings is 2. The molecule has 0 spiro atoms. The van der Waals surface area contributed by atoms with E-state index < -0.39 is 0 Å². The van der Waals surface area contributed by atoms with Crippen molar-refractivity contribution in [1.82, 2.24) is 9.80 Å². The van der Waals surface area contributed by atoms with Crippen molar-refractivity contribution in [3.05, 3.63) is 60.2 Å². The maximum Gasteiger partial charge on any atom is 0.127 e. The van der Waals surface area contributed by atoms with Crippen molar-refractivity contribution in [2.24, 2.45) is 0 Å². The minimum atomic E-state index is 0.703. The first-order valence-electron chi connectivity index (χ1n) is 9.03. The van der Waals surface area contributed by atoms with E-state index in [1.807, 2.05) is 36.4 Å². The molecule has 0 N–H and O–H groups in total. The number of hydrogen-bond donors (Lipinski definition) is 0. The van der Waals surface area contributed by atoms with Gasteiger partial charge in [-0.1, -0.05) is 37.3 Å². The zero-order chi connectivity index (χ0) is 16.8. The predicted molar refractivity (Wildman–Crippen MR) is 99.6 cm³/mol. The van der Waals surface area contributed by atoms with E-state index in [1.165, 1.54) is 25.1 Å². The highest BCUT2D eigenvalue weighted by Crippen LogP contribution is 2.22. The van der Waals surface area contributed by atoms with Gasteiger partial charge < -0.3 is 4.74 Å². The molecule has 1 atom stereocenters. The van der Waals surface area contributed by atoms with Gasteiger partial charge in [0.2, 0.25) is 0 Å². The molecule has 0 saturated carbocycles. The second-order valence-corrected chi connectivity index (χ2v) is 6.63. The van der Waals surface area contributed by atoms with Crippen LogP contribution in [0.5, 0.6) is 11.5 Å². The maximum absolute atomic E-state index is 5.94. The largest absolute Gasteiger partial charge is 0.457 e. The Labute approximate surface area is 145 Å². The molecule has 128 valence electrons. The molecule has 1 fully saturated rings. The molecule has 3 heteroatoms. The van der Waals surface area contributed by atoms with Crippen molar-refractivity contribution in [2.75, 3.05) is 26.2 Å². The van der Waals surface area contributed by atoms with Crippen LogP contribution in [0, 0.1) is 0 Å². The zero-order valence-corrected chi connectivity index (χ0v) is 14.8. The van der Waals surface area contributed by atoms with E-state index >= 15 is 0 Å². The standard InChI is InChI=1S/C21H28N2O/c1-3-18(2)23-14-12-22(13-15-23)17-19-8-7-11-21(16-19)24-20-9-5-4-6-10-20/h4-11,16,18H,3,12-15,17H2,1-2H3. The molecule has 1 aliphatic rings. The van der Waals surface area contributed by atoms with Gasteiger partial charge >= 0.3 is 0 Å². The Morgan fingerprint density at radius 3 is 2.33 bits per heavy atom.